The molecule has 0 spiro atoms. The third kappa shape index (κ3) is 4.83. The number of carbonyl (C=O) groups is 2. The first-order chi connectivity index (χ1) is 12.5. The van der Waals surface area contributed by atoms with Crippen LogP contribution in [-0.4, -0.2) is 31.8 Å². The molecule has 1 atom stereocenters. The number of aryl methyl sites for hydroxylation is 1. The Kier molecular flexibility index (Phi) is 6.74. The van der Waals surface area contributed by atoms with Crippen molar-refractivity contribution in [3.63, 3.8) is 0 Å². The van der Waals surface area contributed by atoms with Crippen LogP contribution in [0.4, 0.5) is 5.69 Å². The number of nitrogens with zero attached hydrogens (tertiary/aromatic N) is 4. The van der Waals surface area contributed by atoms with Crippen LogP contribution in [-0.2, 0) is 22.6 Å². The second kappa shape index (κ2) is 9.01. The van der Waals surface area contributed by atoms with E-state index >= 15 is 0 Å². The number of para-hydroxylation sites is 1. The number of aromatic nitrogens is 3. The molecular weight excluding hydrogens is 352 g/mol. The molecule has 26 heavy (non-hydrogen) atoms. The molecule has 2 amide bonds. The molecule has 0 aliphatic carbocycles. The third-order valence-electron chi connectivity index (χ3n) is 3.66. The Hall–Kier alpha value is -2.86. The van der Waals surface area contributed by atoms with Crippen LogP contribution >= 0.6 is 11.8 Å². The van der Waals surface area contributed by atoms with Crippen LogP contribution in [0.2, 0.25) is 0 Å². The fourth-order valence-electron chi connectivity index (χ4n) is 2.28. The third-order valence-corrected chi connectivity index (χ3v) is 4.74. The zero-order chi connectivity index (χ0) is 19.1. The molecule has 0 fully saturated rings. The van der Waals surface area contributed by atoms with Crippen LogP contribution in [0.25, 0.3) is 0 Å². The summed E-state index contributed by atoms with van der Waals surface area (Å²) in [5, 5.41) is 20.2. The molecule has 0 bridgehead atoms. The van der Waals surface area contributed by atoms with Crippen molar-refractivity contribution in [3.05, 3.63) is 35.7 Å². The highest BCUT2D eigenvalue weighted by atomic mass is 32.2. The quantitative estimate of drug-likeness (QED) is 0.679. The van der Waals surface area contributed by atoms with Crippen molar-refractivity contribution in [1.82, 2.24) is 14.8 Å². The van der Waals surface area contributed by atoms with E-state index in [4.69, 9.17) is 11.0 Å². The van der Waals surface area contributed by atoms with Gasteiger partial charge in [-0.1, -0.05) is 23.9 Å². The van der Waals surface area contributed by atoms with Gasteiger partial charge in [0.05, 0.1) is 16.5 Å². The highest BCUT2D eigenvalue weighted by Crippen LogP contribution is 2.24. The molecule has 0 saturated carbocycles. The Balaban J connectivity index is 2.07. The molecule has 2 rings (SSSR count). The first-order valence-corrected chi connectivity index (χ1v) is 9.01. The monoisotopic (exact) mass is 372 g/mol. The number of hydrogen-bond donors (Lipinski definition) is 2. The standard InChI is InChI=1S/C17H20N6O2S/c1-3-23-15(9-8-14(19)24)21-22-17(23)26-11(2)16(25)20-13-7-5-4-6-12(13)10-18/h4-7,11H,3,8-9H2,1-2H3,(H2,19,24)(H,20,25)/t11-/m0/s1. The van der Waals surface area contributed by atoms with E-state index in [0.29, 0.717) is 35.2 Å². The summed E-state index contributed by atoms with van der Waals surface area (Å²) in [5.41, 5.74) is 6.06. The molecule has 9 heteroatoms. The highest BCUT2D eigenvalue weighted by molar-refractivity contribution is 8.00. The van der Waals surface area contributed by atoms with Crippen molar-refractivity contribution < 1.29 is 9.59 Å². The molecule has 1 heterocycles. The summed E-state index contributed by atoms with van der Waals surface area (Å²) in [6.07, 6.45) is 0.608. The molecule has 0 aliphatic rings. The van der Waals surface area contributed by atoms with E-state index in [1.807, 2.05) is 17.6 Å². The lowest BCUT2D eigenvalue weighted by atomic mass is 10.2. The second-order valence-electron chi connectivity index (χ2n) is 5.52. The molecule has 3 N–H and O–H groups in total. The maximum absolute atomic E-state index is 12.4. The Morgan fingerprint density at radius 3 is 2.77 bits per heavy atom. The summed E-state index contributed by atoms with van der Waals surface area (Å²) in [5.74, 6) is 0.0343. The van der Waals surface area contributed by atoms with Gasteiger partial charge in [-0.25, -0.2) is 0 Å². The number of hydrogen-bond acceptors (Lipinski definition) is 6. The van der Waals surface area contributed by atoms with Gasteiger partial charge >= 0.3 is 0 Å². The Bertz CT molecular complexity index is 842. The normalized spacial score (nSPS) is 11.6. The second-order valence-corrected chi connectivity index (χ2v) is 6.82. The van der Waals surface area contributed by atoms with Gasteiger partial charge in [-0.05, 0) is 26.0 Å². The van der Waals surface area contributed by atoms with Crippen LogP contribution in [0, 0.1) is 11.3 Å². The molecule has 2 aromatic rings. The first kappa shape index (κ1) is 19.5. The van der Waals surface area contributed by atoms with Crippen molar-refractivity contribution in [3.8, 4) is 6.07 Å². The molecule has 136 valence electrons. The molecule has 0 radical (unpaired) electrons. The lowest BCUT2D eigenvalue weighted by Crippen LogP contribution is -2.23. The van der Waals surface area contributed by atoms with E-state index in [1.165, 1.54) is 11.8 Å². The summed E-state index contributed by atoms with van der Waals surface area (Å²) >= 11 is 1.27. The molecule has 0 aliphatic heterocycles. The maximum Gasteiger partial charge on any atom is 0.237 e. The van der Waals surface area contributed by atoms with Crippen LogP contribution in [0.1, 0.15) is 31.7 Å². The smallest absolute Gasteiger partial charge is 0.237 e. The predicted molar refractivity (Wildman–Crippen MR) is 98.3 cm³/mol. The van der Waals surface area contributed by atoms with Crippen molar-refractivity contribution in [1.29, 1.82) is 5.26 Å². The fourth-order valence-corrected chi connectivity index (χ4v) is 3.21. The lowest BCUT2D eigenvalue weighted by molar-refractivity contribution is -0.118. The van der Waals surface area contributed by atoms with E-state index in [1.54, 1.807) is 31.2 Å². The van der Waals surface area contributed by atoms with E-state index in [2.05, 4.69) is 15.5 Å². The molecule has 0 unspecified atom stereocenters. The number of nitriles is 1. The number of anilines is 1. The first-order valence-electron chi connectivity index (χ1n) is 8.13. The van der Waals surface area contributed by atoms with Crippen LogP contribution in [0.3, 0.4) is 0 Å². The van der Waals surface area contributed by atoms with Crippen LogP contribution < -0.4 is 11.1 Å². The number of nitrogens with two attached hydrogens (primary N) is 1. The molecule has 0 saturated heterocycles. The average Bonchev–Trinajstić information content (AvgIpc) is 3.01. The van der Waals surface area contributed by atoms with Gasteiger partial charge in [0.15, 0.2) is 5.16 Å². The summed E-state index contributed by atoms with van der Waals surface area (Å²) in [4.78, 5) is 23.4. The minimum Gasteiger partial charge on any atom is -0.370 e. The van der Waals surface area contributed by atoms with Gasteiger partial charge < -0.3 is 15.6 Å². The van der Waals surface area contributed by atoms with E-state index in [0.717, 1.165) is 0 Å². The Morgan fingerprint density at radius 2 is 2.12 bits per heavy atom. The Labute approximate surface area is 155 Å². The highest BCUT2D eigenvalue weighted by Gasteiger charge is 2.20. The molecule has 8 nitrogen and oxygen atoms in total. The number of rotatable bonds is 8. The van der Waals surface area contributed by atoms with Gasteiger partial charge in [-0.2, -0.15) is 5.26 Å². The van der Waals surface area contributed by atoms with Crippen LogP contribution in [0.15, 0.2) is 29.4 Å². The summed E-state index contributed by atoms with van der Waals surface area (Å²) in [6, 6.07) is 8.88. The van der Waals surface area contributed by atoms with E-state index in [9.17, 15) is 9.59 Å². The molecule has 1 aromatic heterocycles. The predicted octanol–water partition coefficient (Wildman–Crippen LogP) is 1.71. The average molecular weight is 372 g/mol. The SMILES string of the molecule is CCn1c(CCC(N)=O)nnc1S[C@@H](C)C(=O)Nc1ccccc1C#N. The number of nitrogens with one attached hydrogen (secondary N) is 1. The van der Waals surface area contributed by atoms with E-state index < -0.39 is 11.2 Å². The van der Waals surface area contributed by atoms with Gasteiger partial charge in [0.2, 0.25) is 11.8 Å². The zero-order valence-electron chi connectivity index (χ0n) is 14.6. The van der Waals surface area contributed by atoms with Crippen molar-refractivity contribution >= 4 is 29.3 Å². The van der Waals surface area contributed by atoms with Crippen molar-refractivity contribution in [2.24, 2.45) is 5.73 Å². The number of benzene rings is 1. The van der Waals surface area contributed by atoms with Gasteiger partial charge in [0.25, 0.3) is 0 Å². The molecule has 1 aromatic carbocycles. The number of thioether (sulfide) groups is 1. The maximum atomic E-state index is 12.4. The number of amides is 2. The van der Waals surface area contributed by atoms with Crippen molar-refractivity contribution in [2.75, 3.05) is 5.32 Å². The minimum atomic E-state index is -0.444. The van der Waals surface area contributed by atoms with E-state index in [-0.39, 0.29) is 12.3 Å². The topological polar surface area (TPSA) is 127 Å². The lowest BCUT2D eigenvalue weighted by Gasteiger charge is -2.13. The van der Waals surface area contributed by atoms with Gasteiger partial charge in [-0.15, -0.1) is 10.2 Å². The largest absolute Gasteiger partial charge is 0.370 e. The molecular formula is C17H20N6O2S. The van der Waals surface area contributed by atoms with Gasteiger partial charge in [0.1, 0.15) is 11.9 Å². The summed E-state index contributed by atoms with van der Waals surface area (Å²) in [7, 11) is 0. The van der Waals surface area contributed by atoms with Crippen LogP contribution in [0.5, 0.6) is 0 Å². The summed E-state index contributed by atoms with van der Waals surface area (Å²) < 4.78 is 1.86. The van der Waals surface area contributed by atoms with Gasteiger partial charge in [-0.3, -0.25) is 9.59 Å². The summed E-state index contributed by atoms with van der Waals surface area (Å²) in [6.45, 7) is 4.32. The van der Waals surface area contributed by atoms with Gasteiger partial charge in [0, 0.05) is 19.4 Å². The van der Waals surface area contributed by atoms with Crippen molar-refractivity contribution in [2.45, 2.75) is 43.6 Å². The number of primary amides is 1. The number of carbonyl (C=O) groups excluding carboxylic acids is 2. The zero-order valence-corrected chi connectivity index (χ0v) is 15.4. The fraction of sp³-hybridized carbons (Fsp3) is 0.353. The minimum absolute atomic E-state index is 0.198. The Morgan fingerprint density at radius 1 is 1.38 bits per heavy atom.